The second-order valence-corrected chi connectivity index (χ2v) is 4.04. The minimum absolute atomic E-state index is 0.408. The van der Waals surface area contributed by atoms with Crippen LogP contribution in [-0.4, -0.2) is 10.2 Å². The van der Waals surface area contributed by atoms with E-state index in [4.69, 9.17) is 23.2 Å². The predicted octanol–water partition coefficient (Wildman–Crippen LogP) is 3.00. The van der Waals surface area contributed by atoms with E-state index in [2.05, 4.69) is 10.2 Å². The van der Waals surface area contributed by atoms with Crippen molar-refractivity contribution in [1.82, 2.24) is 10.2 Å². The molecule has 0 amide bonds. The summed E-state index contributed by atoms with van der Waals surface area (Å²) in [5, 5.41) is 8.66. The van der Waals surface area contributed by atoms with E-state index in [-0.39, 0.29) is 0 Å². The first kappa shape index (κ1) is 7.28. The number of nitrogens with zero attached hydrogens (tertiary/aromatic N) is 2. The van der Waals surface area contributed by atoms with Crippen LogP contribution in [-0.2, 0) is 0 Å². The van der Waals surface area contributed by atoms with Crippen LogP contribution in [0.25, 0.3) is 10.1 Å². The molecule has 0 saturated heterocycles. The summed E-state index contributed by atoms with van der Waals surface area (Å²) >= 11 is 12.9. The second kappa shape index (κ2) is 2.59. The van der Waals surface area contributed by atoms with Crippen LogP contribution < -0.4 is 0 Å². The Morgan fingerprint density at radius 2 is 2.18 bits per heavy atom. The largest absolute Gasteiger partial charge is 0.160 e. The zero-order chi connectivity index (χ0) is 7.84. The fourth-order valence-electron chi connectivity index (χ4n) is 0.817. The molecule has 0 radical (unpaired) electrons. The molecule has 0 fully saturated rings. The minimum atomic E-state index is 0.408. The van der Waals surface area contributed by atoms with Gasteiger partial charge in [-0.1, -0.05) is 23.2 Å². The Hall–Kier alpha value is -0.380. The van der Waals surface area contributed by atoms with Gasteiger partial charge in [0.15, 0.2) is 5.15 Å². The van der Waals surface area contributed by atoms with Crippen LogP contribution in [0.3, 0.4) is 0 Å². The lowest BCUT2D eigenvalue weighted by molar-refractivity contribution is 1.05. The third-order valence-corrected chi connectivity index (χ3v) is 2.75. The lowest BCUT2D eigenvalue weighted by atomic mass is 10.4. The number of rotatable bonds is 0. The van der Waals surface area contributed by atoms with Crippen molar-refractivity contribution < 1.29 is 0 Å². The summed E-state index contributed by atoms with van der Waals surface area (Å²) in [5.41, 5.74) is 0. The zero-order valence-corrected chi connectivity index (χ0v) is 7.54. The van der Waals surface area contributed by atoms with Crippen LogP contribution in [0.5, 0.6) is 0 Å². The number of thiophene rings is 1. The molecule has 2 rings (SSSR count). The number of hydrogen-bond acceptors (Lipinski definition) is 3. The molecule has 0 atom stereocenters. The van der Waals surface area contributed by atoms with Crippen LogP contribution in [0.2, 0.25) is 9.49 Å². The average Bonchev–Trinajstić information content (AvgIpc) is 2.31. The predicted molar refractivity (Wildman–Crippen MR) is 47.4 cm³/mol. The van der Waals surface area contributed by atoms with Crippen LogP contribution in [0, 0.1) is 0 Å². The molecule has 11 heavy (non-hydrogen) atoms. The molecule has 2 heterocycles. The summed E-state index contributed by atoms with van der Waals surface area (Å²) < 4.78 is 1.67. The number of halogens is 2. The van der Waals surface area contributed by atoms with Crippen molar-refractivity contribution in [1.29, 1.82) is 0 Å². The topological polar surface area (TPSA) is 25.8 Å². The van der Waals surface area contributed by atoms with Crippen LogP contribution in [0.15, 0.2) is 12.3 Å². The minimum Gasteiger partial charge on any atom is -0.156 e. The highest BCUT2D eigenvalue weighted by atomic mass is 35.5. The SMILES string of the molecule is Clc1cc2c(Cl)nncc2s1. The molecule has 0 aliphatic heterocycles. The molecule has 2 aromatic rings. The van der Waals surface area contributed by atoms with Crippen molar-refractivity contribution in [3.05, 3.63) is 21.8 Å². The van der Waals surface area contributed by atoms with Gasteiger partial charge in [-0.05, 0) is 6.07 Å². The summed E-state index contributed by atoms with van der Waals surface area (Å²) in [5.74, 6) is 0. The van der Waals surface area contributed by atoms with Gasteiger partial charge in [0.25, 0.3) is 0 Å². The lowest BCUT2D eigenvalue weighted by Crippen LogP contribution is -1.78. The van der Waals surface area contributed by atoms with Gasteiger partial charge >= 0.3 is 0 Å². The molecule has 5 heteroatoms. The molecule has 2 aromatic heterocycles. The van der Waals surface area contributed by atoms with Crippen molar-refractivity contribution in [3.8, 4) is 0 Å². The summed E-state index contributed by atoms with van der Waals surface area (Å²) in [4.78, 5) is 0. The summed E-state index contributed by atoms with van der Waals surface area (Å²) in [6.45, 7) is 0. The summed E-state index contributed by atoms with van der Waals surface area (Å²) in [6, 6.07) is 1.79. The molecule has 56 valence electrons. The van der Waals surface area contributed by atoms with Gasteiger partial charge in [-0.25, -0.2) is 0 Å². The van der Waals surface area contributed by atoms with Crippen molar-refractivity contribution in [3.63, 3.8) is 0 Å². The van der Waals surface area contributed by atoms with E-state index < -0.39 is 0 Å². The Morgan fingerprint density at radius 1 is 1.36 bits per heavy atom. The Kier molecular flexibility index (Phi) is 1.71. The van der Waals surface area contributed by atoms with Gasteiger partial charge in [-0.3, -0.25) is 0 Å². The fraction of sp³-hybridized carbons (Fsp3) is 0. The van der Waals surface area contributed by atoms with Gasteiger partial charge in [0.05, 0.1) is 15.2 Å². The lowest BCUT2D eigenvalue weighted by Gasteiger charge is -1.87. The number of hydrogen-bond donors (Lipinski definition) is 0. The van der Waals surface area contributed by atoms with E-state index in [0.717, 1.165) is 10.1 Å². The van der Waals surface area contributed by atoms with Gasteiger partial charge in [0, 0.05) is 5.39 Å². The summed E-state index contributed by atoms with van der Waals surface area (Å²) in [7, 11) is 0. The maximum Gasteiger partial charge on any atom is 0.160 e. The third-order valence-electron chi connectivity index (χ3n) is 1.27. The van der Waals surface area contributed by atoms with Gasteiger partial charge in [-0.15, -0.1) is 16.4 Å². The maximum absolute atomic E-state index is 5.76. The van der Waals surface area contributed by atoms with Crippen molar-refractivity contribution in [2.24, 2.45) is 0 Å². The molecule has 2 nitrogen and oxygen atoms in total. The number of fused-ring (bicyclic) bond motifs is 1. The van der Waals surface area contributed by atoms with Crippen LogP contribution in [0.1, 0.15) is 0 Å². The molecular formula is C6H2Cl2N2S. The van der Waals surface area contributed by atoms with Crippen LogP contribution in [0.4, 0.5) is 0 Å². The summed E-state index contributed by atoms with van der Waals surface area (Å²) in [6.07, 6.45) is 1.65. The number of aromatic nitrogens is 2. The molecule has 0 aliphatic rings. The Labute approximate surface area is 76.8 Å². The van der Waals surface area contributed by atoms with E-state index in [9.17, 15) is 0 Å². The third kappa shape index (κ3) is 1.20. The quantitative estimate of drug-likeness (QED) is 0.660. The monoisotopic (exact) mass is 204 g/mol. The standard InChI is InChI=1S/C6H2Cl2N2S/c7-5-1-3-4(11-5)2-9-10-6(3)8/h1-2H. The molecule has 0 spiro atoms. The molecular weight excluding hydrogens is 203 g/mol. The zero-order valence-electron chi connectivity index (χ0n) is 5.21. The van der Waals surface area contributed by atoms with E-state index >= 15 is 0 Å². The van der Waals surface area contributed by atoms with Gasteiger partial charge in [0.1, 0.15) is 0 Å². The Morgan fingerprint density at radius 3 is 2.91 bits per heavy atom. The van der Waals surface area contributed by atoms with E-state index in [0.29, 0.717) is 9.49 Å². The first-order valence-electron chi connectivity index (χ1n) is 2.83. The van der Waals surface area contributed by atoms with Crippen molar-refractivity contribution in [2.45, 2.75) is 0 Å². The van der Waals surface area contributed by atoms with Crippen molar-refractivity contribution in [2.75, 3.05) is 0 Å². The van der Waals surface area contributed by atoms with E-state index in [1.54, 1.807) is 12.3 Å². The maximum atomic E-state index is 5.76. The Balaban J connectivity index is 2.90. The van der Waals surface area contributed by atoms with Crippen molar-refractivity contribution >= 4 is 44.6 Å². The first-order valence-corrected chi connectivity index (χ1v) is 4.41. The highest BCUT2D eigenvalue weighted by Crippen LogP contribution is 2.31. The van der Waals surface area contributed by atoms with E-state index in [1.807, 2.05) is 0 Å². The van der Waals surface area contributed by atoms with Gasteiger partial charge in [0.2, 0.25) is 0 Å². The smallest absolute Gasteiger partial charge is 0.156 e. The average molecular weight is 205 g/mol. The molecule has 0 aromatic carbocycles. The molecule has 0 unspecified atom stereocenters. The van der Waals surface area contributed by atoms with Gasteiger partial charge < -0.3 is 0 Å². The highest BCUT2D eigenvalue weighted by Gasteiger charge is 2.03. The van der Waals surface area contributed by atoms with E-state index in [1.165, 1.54) is 11.3 Å². The van der Waals surface area contributed by atoms with Crippen LogP contribution >= 0.6 is 34.5 Å². The molecule has 0 aliphatic carbocycles. The van der Waals surface area contributed by atoms with Gasteiger partial charge in [-0.2, -0.15) is 5.10 Å². The fourth-order valence-corrected chi connectivity index (χ4v) is 2.18. The Bertz CT molecular complexity index is 398. The first-order chi connectivity index (χ1) is 5.27. The molecule has 0 saturated carbocycles. The second-order valence-electron chi connectivity index (χ2n) is 1.96. The normalized spacial score (nSPS) is 10.7. The highest BCUT2D eigenvalue weighted by molar-refractivity contribution is 7.22. The molecule has 0 bridgehead atoms. The molecule has 0 N–H and O–H groups in total.